The highest BCUT2D eigenvalue weighted by Crippen LogP contribution is 2.49. The van der Waals surface area contributed by atoms with E-state index in [1.165, 1.54) is 28.3 Å². The highest BCUT2D eigenvalue weighted by atomic mass is 15.5. The smallest absolute Gasteiger partial charge is 0.104 e. The van der Waals surface area contributed by atoms with Crippen molar-refractivity contribution in [3.63, 3.8) is 0 Å². The second-order valence-corrected chi connectivity index (χ2v) is 8.00. The molecule has 4 nitrogen and oxygen atoms in total. The number of hydrogen-bond acceptors (Lipinski definition) is 3. The van der Waals surface area contributed by atoms with Gasteiger partial charge in [0.25, 0.3) is 0 Å². The van der Waals surface area contributed by atoms with Crippen molar-refractivity contribution in [2.24, 2.45) is 7.05 Å². The summed E-state index contributed by atoms with van der Waals surface area (Å²) in [5, 5.41) is 4.60. The van der Waals surface area contributed by atoms with Gasteiger partial charge in [0.1, 0.15) is 6.17 Å². The third-order valence-corrected chi connectivity index (χ3v) is 5.75. The maximum atomic E-state index is 4.60. The first-order valence-corrected chi connectivity index (χ1v) is 9.56. The van der Waals surface area contributed by atoms with Crippen LogP contribution in [0.2, 0.25) is 0 Å². The molecule has 2 aromatic carbocycles. The van der Waals surface area contributed by atoms with Gasteiger partial charge < -0.3 is 9.80 Å². The molecule has 0 amide bonds. The van der Waals surface area contributed by atoms with Crippen molar-refractivity contribution in [1.29, 1.82) is 0 Å². The van der Waals surface area contributed by atoms with Crippen molar-refractivity contribution in [2.75, 3.05) is 9.80 Å². The van der Waals surface area contributed by atoms with Crippen LogP contribution in [0.4, 0.5) is 17.1 Å². The Hall–Kier alpha value is -2.75. The van der Waals surface area contributed by atoms with Crippen LogP contribution >= 0.6 is 0 Å². The lowest BCUT2D eigenvalue weighted by Gasteiger charge is -2.42. The van der Waals surface area contributed by atoms with E-state index in [9.17, 15) is 0 Å². The van der Waals surface area contributed by atoms with Crippen LogP contribution < -0.4 is 9.80 Å². The Bertz CT molecular complexity index is 986. The molecule has 1 aliphatic heterocycles. The van der Waals surface area contributed by atoms with Gasteiger partial charge in [-0.3, -0.25) is 4.68 Å². The molecule has 1 atom stereocenters. The molecule has 27 heavy (non-hydrogen) atoms. The molecule has 0 saturated heterocycles. The van der Waals surface area contributed by atoms with Crippen molar-refractivity contribution >= 4 is 17.1 Å². The van der Waals surface area contributed by atoms with Crippen LogP contribution in [0.25, 0.3) is 0 Å². The van der Waals surface area contributed by atoms with Crippen molar-refractivity contribution in [1.82, 2.24) is 9.78 Å². The SMILES string of the molecule is Cc1cc(C(C)(C)N2c3ccccc3N(c3ccccc3C)[C@H]2C)n(C)n1. The third kappa shape index (κ3) is 2.62. The van der Waals surface area contributed by atoms with E-state index in [1.54, 1.807) is 0 Å². The average molecular weight is 361 g/mol. The van der Waals surface area contributed by atoms with E-state index in [1.807, 2.05) is 11.7 Å². The molecule has 0 radical (unpaired) electrons. The maximum absolute atomic E-state index is 4.60. The van der Waals surface area contributed by atoms with Gasteiger partial charge in [-0.25, -0.2) is 0 Å². The number of fused-ring (bicyclic) bond motifs is 1. The Morgan fingerprint density at radius 2 is 1.48 bits per heavy atom. The normalized spacial score (nSPS) is 16.7. The zero-order valence-electron chi connectivity index (χ0n) is 17.1. The van der Waals surface area contributed by atoms with Gasteiger partial charge in [-0.15, -0.1) is 0 Å². The molecule has 140 valence electrons. The largest absolute Gasteiger partial charge is 0.339 e. The van der Waals surface area contributed by atoms with Crippen molar-refractivity contribution in [2.45, 2.75) is 46.3 Å². The predicted octanol–water partition coefficient (Wildman–Crippen LogP) is 5.28. The number of para-hydroxylation sites is 3. The number of benzene rings is 2. The zero-order chi connectivity index (χ0) is 19.3. The molecule has 0 spiro atoms. The van der Waals surface area contributed by atoms with Gasteiger partial charge in [0.2, 0.25) is 0 Å². The van der Waals surface area contributed by atoms with Crippen LogP contribution in [0, 0.1) is 13.8 Å². The van der Waals surface area contributed by atoms with Crippen LogP contribution in [0.5, 0.6) is 0 Å². The first-order valence-electron chi connectivity index (χ1n) is 9.56. The summed E-state index contributed by atoms with van der Waals surface area (Å²) in [5.41, 5.74) is 7.13. The number of aromatic nitrogens is 2. The predicted molar refractivity (Wildman–Crippen MR) is 113 cm³/mol. The van der Waals surface area contributed by atoms with Crippen LogP contribution in [0.15, 0.2) is 54.6 Å². The zero-order valence-corrected chi connectivity index (χ0v) is 17.1. The molecule has 3 aromatic rings. The summed E-state index contributed by atoms with van der Waals surface area (Å²) in [4.78, 5) is 4.97. The van der Waals surface area contributed by atoms with Crippen LogP contribution in [-0.4, -0.2) is 15.9 Å². The molecule has 1 aliphatic rings. The minimum Gasteiger partial charge on any atom is -0.339 e. The van der Waals surface area contributed by atoms with Crippen molar-refractivity contribution in [3.05, 3.63) is 71.5 Å². The van der Waals surface area contributed by atoms with E-state index < -0.39 is 0 Å². The van der Waals surface area contributed by atoms with Gasteiger partial charge >= 0.3 is 0 Å². The molecule has 1 aromatic heterocycles. The van der Waals surface area contributed by atoms with Gasteiger partial charge in [-0.05, 0) is 64.4 Å². The number of rotatable bonds is 3. The van der Waals surface area contributed by atoms with E-state index in [0.717, 1.165) is 5.69 Å². The number of anilines is 3. The standard InChI is InChI=1S/C23H28N4/c1-16-11-7-8-12-19(16)26-18(3)27(21-14-10-9-13-20(21)26)23(4,5)22-15-17(2)24-25(22)6/h7-15,18H,1-6H3/t18-/m1/s1. The van der Waals surface area contributed by atoms with Crippen LogP contribution in [0.1, 0.15) is 37.7 Å². The van der Waals surface area contributed by atoms with E-state index in [4.69, 9.17) is 0 Å². The lowest BCUT2D eigenvalue weighted by molar-refractivity contribution is 0.418. The first kappa shape index (κ1) is 17.7. The minimum atomic E-state index is -0.205. The summed E-state index contributed by atoms with van der Waals surface area (Å²) in [6, 6.07) is 19.5. The molecule has 2 heterocycles. The maximum Gasteiger partial charge on any atom is 0.104 e. The number of hydrogen-bond donors (Lipinski definition) is 0. The summed E-state index contributed by atoms with van der Waals surface area (Å²) < 4.78 is 2.01. The van der Waals surface area contributed by atoms with E-state index in [0.29, 0.717) is 0 Å². The molecule has 0 aliphatic carbocycles. The van der Waals surface area contributed by atoms with Crippen LogP contribution in [0.3, 0.4) is 0 Å². The summed E-state index contributed by atoms with van der Waals surface area (Å²) in [6.07, 6.45) is 0.189. The molecular weight excluding hydrogens is 332 g/mol. The molecule has 0 saturated carbocycles. The molecule has 0 unspecified atom stereocenters. The Kier molecular flexibility index (Phi) is 4.02. The quantitative estimate of drug-likeness (QED) is 0.635. The van der Waals surface area contributed by atoms with Gasteiger partial charge in [0.15, 0.2) is 0 Å². The Morgan fingerprint density at radius 1 is 0.889 bits per heavy atom. The molecule has 0 N–H and O–H groups in total. The van der Waals surface area contributed by atoms with Crippen molar-refractivity contribution in [3.8, 4) is 0 Å². The topological polar surface area (TPSA) is 24.3 Å². The lowest BCUT2D eigenvalue weighted by Crippen LogP contribution is -2.50. The number of aryl methyl sites for hydroxylation is 3. The highest BCUT2D eigenvalue weighted by Gasteiger charge is 2.43. The first-order chi connectivity index (χ1) is 12.8. The average Bonchev–Trinajstić information content (AvgIpc) is 3.12. The van der Waals surface area contributed by atoms with Gasteiger partial charge in [0.05, 0.1) is 28.3 Å². The summed E-state index contributed by atoms with van der Waals surface area (Å²) in [5.74, 6) is 0. The molecule has 0 fully saturated rings. The minimum absolute atomic E-state index is 0.189. The molecule has 0 bridgehead atoms. The Labute approximate surface area is 162 Å². The second-order valence-electron chi connectivity index (χ2n) is 8.00. The van der Waals surface area contributed by atoms with Gasteiger partial charge in [-0.1, -0.05) is 30.3 Å². The van der Waals surface area contributed by atoms with E-state index in [2.05, 4.69) is 104 Å². The highest BCUT2D eigenvalue weighted by molar-refractivity contribution is 5.85. The fourth-order valence-corrected chi connectivity index (χ4v) is 4.63. The molecular formula is C23H28N4. The second kappa shape index (κ2) is 6.15. The Morgan fingerprint density at radius 3 is 2.07 bits per heavy atom. The summed E-state index contributed by atoms with van der Waals surface area (Å²) in [7, 11) is 2.04. The fraction of sp³-hybridized carbons (Fsp3) is 0.348. The number of nitrogens with zero attached hydrogens (tertiary/aromatic N) is 4. The fourth-order valence-electron chi connectivity index (χ4n) is 4.63. The van der Waals surface area contributed by atoms with Crippen LogP contribution in [-0.2, 0) is 12.6 Å². The van der Waals surface area contributed by atoms with E-state index >= 15 is 0 Å². The van der Waals surface area contributed by atoms with Crippen molar-refractivity contribution < 1.29 is 0 Å². The Balaban J connectivity index is 1.88. The summed E-state index contributed by atoms with van der Waals surface area (Å²) >= 11 is 0. The third-order valence-electron chi connectivity index (χ3n) is 5.75. The monoisotopic (exact) mass is 360 g/mol. The van der Waals surface area contributed by atoms with Gasteiger partial charge in [-0.2, -0.15) is 5.10 Å². The summed E-state index contributed by atoms with van der Waals surface area (Å²) in [6.45, 7) is 11.1. The lowest BCUT2D eigenvalue weighted by atomic mass is 9.96. The molecule has 4 heteroatoms. The van der Waals surface area contributed by atoms with E-state index in [-0.39, 0.29) is 11.7 Å². The molecule has 4 rings (SSSR count). The van der Waals surface area contributed by atoms with Gasteiger partial charge in [0, 0.05) is 12.7 Å².